The van der Waals surface area contributed by atoms with E-state index in [9.17, 15) is 20.2 Å². The summed E-state index contributed by atoms with van der Waals surface area (Å²) in [4.78, 5) is 27.9. The van der Waals surface area contributed by atoms with Crippen molar-refractivity contribution in [3.8, 4) is 0 Å². The molecule has 0 bridgehead atoms. The molecule has 0 fully saturated rings. The number of nitro benzene ring substituents is 2. The molecule has 6 N–H and O–H groups in total. The Balaban J connectivity index is 0.000000182. The lowest BCUT2D eigenvalue weighted by atomic mass is 10.3. The molecular formula is C14H12N6O8S3. The van der Waals surface area contributed by atoms with Gasteiger partial charge in [0.05, 0.1) is 30.3 Å². The minimum atomic E-state index is -4.67. The molecule has 4 aromatic rings. The molecule has 14 nitrogen and oxygen atoms in total. The number of hydrogen-bond donors (Lipinski definition) is 4. The highest BCUT2D eigenvalue weighted by atomic mass is 32.3. The number of nitro groups is 2. The third kappa shape index (κ3) is 7.35. The second-order valence-corrected chi connectivity index (χ2v) is 8.39. The number of nitrogens with zero attached hydrogens (tertiary/aromatic N) is 4. The van der Waals surface area contributed by atoms with Crippen LogP contribution in [0.4, 0.5) is 21.6 Å². The lowest BCUT2D eigenvalue weighted by Gasteiger charge is -1.88. The van der Waals surface area contributed by atoms with Crippen LogP contribution < -0.4 is 11.5 Å². The first kappa shape index (κ1) is 23.8. The fourth-order valence-electron chi connectivity index (χ4n) is 2.09. The van der Waals surface area contributed by atoms with Crippen LogP contribution in [0.3, 0.4) is 0 Å². The zero-order chi connectivity index (χ0) is 23.3. The van der Waals surface area contributed by atoms with Gasteiger partial charge in [0.15, 0.2) is 10.3 Å². The van der Waals surface area contributed by atoms with Crippen LogP contribution in [0.2, 0.25) is 0 Å². The lowest BCUT2D eigenvalue weighted by Crippen LogP contribution is -1.89. The molecule has 2 aromatic heterocycles. The van der Waals surface area contributed by atoms with E-state index in [1.807, 2.05) is 0 Å². The topological polar surface area (TPSA) is 239 Å². The standard InChI is InChI=1S/2C7H5N3O2S.H2O4S/c2*8-7-9-5-2-1-4(10(11)12)3-6(5)13-7;1-5(2,3)4/h2*1-3H,(H2,8,9);(H2,1,2,3,4). The quantitative estimate of drug-likeness (QED) is 0.181. The van der Waals surface area contributed by atoms with Crippen molar-refractivity contribution in [2.75, 3.05) is 11.5 Å². The van der Waals surface area contributed by atoms with Crippen LogP contribution in [0, 0.1) is 20.2 Å². The van der Waals surface area contributed by atoms with Gasteiger partial charge in [-0.3, -0.25) is 29.3 Å². The number of fused-ring (bicyclic) bond motifs is 2. The monoisotopic (exact) mass is 488 g/mol. The molecule has 0 aliphatic heterocycles. The van der Waals surface area contributed by atoms with Crippen LogP contribution in [-0.4, -0.2) is 37.3 Å². The molecule has 0 aliphatic carbocycles. The third-order valence-corrected chi connectivity index (χ3v) is 4.89. The van der Waals surface area contributed by atoms with Gasteiger partial charge in [-0.1, -0.05) is 22.7 Å². The van der Waals surface area contributed by atoms with Crippen LogP contribution >= 0.6 is 22.7 Å². The highest BCUT2D eigenvalue weighted by molar-refractivity contribution is 7.79. The Labute approximate surface area is 180 Å². The molecule has 0 atom stereocenters. The van der Waals surface area contributed by atoms with Gasteiger partial charge >= 0.3 is 10.4 Å². The molecule has 0 amide bonds. The van der Waals surface area contributed by atoms with Gasteiger partial charge in [-0.2, -0.15) is 8.42 Å². The summed E-state index contributed by atoms with van der Waals surface area (Å²) in [6.45, 7) is 0. The molecule has 0 spiro atoms. The first-order chi connectivity index (χ1) is 14.3. The van der Waals surface area contributed by atoms with Gasteiger partial charge in [-0.05, 0) is 12.1 Å². The molecule has 2 heterocycles. The van der Waals surface area contributed by atoms with Crippen molar-refractivity contribution in [2.24, 2.45) is 0 Å². The van der Waals surface area contributed by atoms with Crippen LogP contribution in [-0.2, 0) is 10.4 Å². The molecule has 4 rings (SSSR count). The molecule has 31 heavy (non-hydrogen) atoms. The maximum atomic E-state index is 10.4. The molecule has 0 aliphatic rings. The number of benzene rings is 2. The van der Waals surface area contributed by atoms with Crippen LogP contribution in [0.15, 0.2) is 36.4 Å². The Kier molecular flexibility index (Phi) is 7.31. The van der Waals surface area contributed by atoms with Gasteiger partial charge < -0.3 is 11.5 Å². The van der Waals surface area contributed by atoms with E-state index in [2.05, 4.69) is 9.97 Å². The first-order valence-electron chi connectivity index (χ1n) is 7.64. The average molecular weight is 488 g/mol. The second-order valence-electron chi connectivity index (χ2n) is 5.37. The molecule has 0 unspecified atom stereocenters. The number of rotatable bonds is 2. The number of nitrogens with two attached hydrogens (primary N) is 2. The van der Waals surface area contributed by atoms with E-state index >= 15 is 0 Å². The smallest absolute Gasteiger partial charge is 0.375 e. The SMILES string of the molecule is Nc1nc2ccc([N+](=O)[O-])cc2s1.Nc1nc2ccc([N+](=O)[O-])cc2s1.O=S(=O)(O)O. The van der Waals surface area contributed by atoms with Crippen molar-refractivity contribution in [3.63, 3.8) is 0 Å². The zero-order valence-corrected chi connectivity index (χ0v) is 17.4. The summed E-state index contributed by atoms with van der Waals surface area (Å²) in [6, 6.07) is 8.98. The molecule has 0 saturated heterocycles. The van der Waals surface area contributed by atoms with Gasteiger partial charge in [0.2, 0.25) is 0 Å². The van der Waals surface area contributed by atoms with Gasteiger partial charge in [0, 0.05) is 24.3 Å². The Morgan fingerprint density at radius 1 is 0.806 bits per heavy atom. The number of aromatic nitrogens is 2. The largest absolute Gasteiger partial charge is 0.394 e. The van der Waals surface area contributed by atoms with E-state index in [4.69, 9.17) is 29.0 Å². The van der Waals surface area contributed by atoms with E-state index in [1.54, 1.807) is 12.1 Å². The van der Waals surface area contributed by atoms with Crippen LogP contribution in [0.1, 0.15) is 0 Å². The van der Waals surface area contributed by atoms with E-state index in [-0.39, 0.29) is 11.4 Å². The normalized spacial score (nSPS) is 10.6. The van der Waals surface area contributed by atoms with E-state index in [1.165, 1.54) is 46.9 Å². The van der Waals surface area contributed by atoms with Gasteiger partial charge in [-0.25, -0.2) is 9.97 Å². The predicted octanol–water partition coefficient (Wildman–Crippen LogP) is 2.92. The van der Waals surface area contributed by atoms with Gasteiger partial charge in [0.1, 0.15) is 0 Å². The van der Waals surface area contributed by atoms with E-state index in [0.29, 0.717) is 21.3 Å². The fraction of sp³-hybridized carbons (Fsp3) is 0. The first-order valence-corrected chi connectivity index (χ1v) is 10.7. The van der Waals surface area contributed by atoms with E-state index in [0.717, 1.165) is 9.40 Å². The number of hydrogen-bond acceptors (Lipinski definition) is 12. The number of nitrogen functional groups attached to an aromatic ring is 2. The maximum Gasteiger partial charge on any atom is 0.394 e. The van der Waals surface area contributed by atoms with Crippen molar-refractivity contribution in [1.29, 1.82) is 0 Å². The van der Waals surface area contributed by atoms with Crippen molar-refractivity contribution < 1.29 is 27.4 Å². The maximum absolute atomic E-state index is 10.4. The number of thiazole rings is 2. The summed E-state index contributed by atoms with van der Waals surface area (Å²) in [5.74, 6) is 0. The summed E-state index contributed by atoms with van der Waals surface area (Å²) in [5, 5.41) is 21.7. The molecule has 2 aromatic carbocycles. The van der Waals surface area contributed by atoms with Gasteiger partial charge in [-0.15, -0.1) is 0 Å². The average Bonchev–Trinajstić information content (AvgIpc) is 3.19. The lowest BCUT2D eigenvalue weighted by molar-refractivity contribution is -0.384. The number of anilines is 2. The van der Waals surface area contributed by atoms with Crippen molar-refractivity contribution in [1.82, 2.24) is 9.97 Å². The van der Waals surface area contributed by atoms with Crippen molar-refractivity contribution >= 4 is 75.1 Å². The molecule has 0 radical (unpaired) electrons. The molecule has 0 saturated carbocycles. The van der Waals surface area contributed by atoms with Crippen LogP contribution in [0.5, 0.6) is 0 Å². The Morgan fingerprint density at radius 2 is 1.13 bits per heavy atom. The molecule has 164 valence electrons. The summed E-state index contributed by atoms with van der Waals surface area (Å²) >= 11 is 2.49. The van der Waals surface area contributed by atoms with Crippen molar-refractivity contribution in [2.45, 2.75) is 0 Å². The van der Waals surface area contributed by atoms with Gasteiger partial charge in [0.25, 0.3) is 11.4 Å². The summed E-state index contributed by atoms with van der Waals surface area (Å²) in [6.07, 6.45) is 0. The fourth-order valence-corrected chi connectivity index (χ4v) is 3.62. The molecular weight excluding hydrogens is 476 g/mol. The highest BCUT2D eigenvalue weighted by Gasteiger charge is 2.09. The Morgan fingerprint density at radius 3 is 1.42 bits per heavy atom. The summed E-state index contributed by atoms with van der Waals surface area (Å²) in [5.41, 5.74) is 12.4. The Hall–Kier alpha value is -3.51. The predicted molar refractivity (Wildman–Crippen MR) is 116 cm³/mol. The second kappa shape index (κ2) is 9.53. The third-order valence-electron chi connectivity index (χ3n) is 3.20. The number of non-ortho nitro benzene ring substituents is 2. The molecule has 17 heteroatoms. The minimum Gasteiger partial charge on any atom is -0.375 e. The minimum absolute atomic E-state index is 0.0659. The zero-order valence-electron chi connectivity index (χ0n) is 15.0. The Bertz CT molecular complexity index is 1270. The van der Waals surface area contributed by atoms with Crippen LogP contribution in [0.25, 0.3) is 20.4 Å². The highest BCUT2D eigenvalue weighted by Crippen LogP contribution is 2.28. The summed E-state index contributed by atoms with van der Waals surface area (Å²) in [7, 11) is -4.67. The summed E-state index contributed by atoms with van der Waals surface area (Å²) < 4.78 is 33.1. The van der Waals surface area contributed by atoms with E-state index < -0.39 is 20.2 Å². The van der Waals surface area contributed by atoms with Crippen molar-refractivity contribution in [3.05, 3.63) is 56.6 Å².